The molecule has 1 N–H and O–H groups in total. The summed E-state index contributed by atoms with van der Waals surface area (Å²) in [5, 5.41) is 3.45. The molecule has 1 aromatic rings. The minimum Gasteiger partial charge on any atom is -0.493 e. The van der Waals surface area contributed by atoms with Crippen molar-refractivity contribution in [3.63, 3.8) is 0 Å². The summed E-state index contributed by atoms with van der Waals surface area (Å²) in [6, 6.07) is 4.20. The second kappa shape index (κ2) is 5.41. The molecule has 0 radical (unpaired) electrons. The smallest absolute Gasteiger partial charge is 0.161 e. The number of piperidine rings is 1. The molecule has 2 rings (SSSR count). The lowest BCUT2D eigenvalue weighted by Gasteiger charge is -2.25. The van der Waals surface area contributed by atoms with Gasteiger partial charge in [0.05, 0.1) is 14.2 Å². The number of hydrogen-bond donors (Lipinski definition) is 1. The van der Waals surface area contributed by atoms with Crippen molar-refractivity contribution < 1.29 is 9.47 Å². The Morgan fingerprint density at radius 3 is 2.47 bits per heavy atom. The van der Waals surface area contributed by atoms with Gasteiger partial charge in [0.2, 0.25) is 0 Å². The van der Waals surface area contributed by atoms with Crippen LogP contribution in [0.15, 0.2) is 12.1 Å². The zero-order valence-corrected chi connectivity index (χ0v) is 10.9. The highest BCUT2D eigenvalue weighted by molar-refractivity contribution is 5.48. The highest BCUT2D eigenvalue weighted by atomic mass is 16.5. The Kier molecular flexibility index (Phi) is 3.89. The summed E-state index contributed by atoms with van der Waals surface area (Å²) in [7, 11) is 3.37. The van der Waals surface area contributed by atoms with Gasteiger partial charge in [0, 0.05) is 6.54 Å². The minimum atomic E-state index is 0.601. The van der Waals surface area contributed by atoms with Crippen LogP contribution in [0.3, 0.4) is 0 Å². The van der Waals surface area contributed by atoms with Crippen LogP contribution in [0.5, 0.6) is 11.5 Å². The van der Waals surface area contributed by atoms with Crippen molar-refractivity contribution >= 4 is 0 Å². The van der Waals surface area contributed by atoms with Gasteiger partial charge in [0.1, 0.15) is 0 Å². The Morgan fingerprint density at radius 2 is 1.88 bits per heavy atom. The number of nitrogens with one attached hydrogen (secondary N) is 1. The highest BCUT2D eigenvalue weighted by Crippen LogP contribution is 2.35. The number of rotatable bonds is 3. The molecule has 0 aromatic heterocycles. The first kappa shape index (κ1) is 12.2. The van der Waals surface area contributed by atoms with Gasteiger partial charge in [-0.15, -0.1) is 0 Å². The van der Waals surface area contributed by atoms with Gasteiger partial charge in [0.15, 0.2) is 11.5 Å². The third-order valence-electron chi connectivity index (χ3n) is 3.51. The molecule has 1 heterocycles. The Hall–Kier alpha value is -1.22. The molecule has 1 aromatic carbocycles. The van der Waals surface area contributed by atoms with Crippen molar-refractivity contribution in [3.8, 4) is 11.5 Å². The third kappa shape index (κ3) is 2.55. The van der Waals surface area contributed by atoms with E-state index < -0.39 is 0 Å². The molecule has 0 aliphatic carbocycles. The summed E-state index contributed by atoms with van der Waals surface area (Å²) in [6.07, 6.45) is 2.50. The zero-order chi connectivity index (χ0) is 12.3. The van der Waals surface area contributed by atoms with Gasteiger partial charge >= 0.3 is 0 Å². The molecular weight excluding hydrogens is 214 g/mol. The predicted octanol–water partition coefficient (Wildman–Crippen LogP) is 2.48. The van der Waals surface area contributed by atoms with Crippen molar-refractivity contribution in [2.45, 2.75) is 25.7 Å². The number of hydrogen-bond acceptors (Lipinski definition) is 3. The predicted molar refractivity (Wildman–Crippen MR) is 69.1 cm³/mol. The summed E-state index contributed by atoms with van der Waals surface area (Å²) < 4.78 is 10.7. The van der Waals surface area contributed by atoms with Crippen LogP contribution in [-0.2, 0) is 0 Å². The molecule has 1 aliphatic rings. The van der Waals surface area contributed by atoms with Gasteiger partial charge < -0.3 is 14.8 Å². The molecule has 0 saturated carbocycles. The quantitative estimate of drug-likeness (QED) is 0.873. The number of methoxy groups -OCH3 is 2. The van der Waals surface area contributed by atoms with Crippen LogP contribution in [0.2, 0.25) is 0 Å². The SMILES string of the molecule is COc1cc(C)c(C2CCCNC2)cc1OC. The van der Waals surface area contributed by atoms with E-state index in [0.29, 0.717) is 5.92 Å². The average Bonchev–Trinajstić information content (AvgIpc) is 2.39. The van der Waals surface area contributed by atoms with E-state index in [4.69, 9.17) is 9.47 Å². The van der Waals surface area contributed by atoms with E-state index in [-0.39, 0.29) is 0 Å². The van der Waals surface area contributed by atoms with Gasteiger partial charge in [0.25, 0.3) is 0 Å². The molecule has 94 valence electrons. The second-order valence-electron chi connectivity index (χ2n) is 4.61. The van der Waals surface area contributed by atoms with Gasteiger partial charge in [-0.25, -0.2) is 0 Å². The maximum Gasteiger partial charge on any atom is 0.161 e. The van der Waals surface area contributed by atoms with Gasteiger partial charge in [-0.05, 0) is 55.5 Å². The molecule has 0 bridgehead atoms. The van der Waals surface area contributed by atoms with Gasteiger partial charge in [-0.1, -0.05) is 0 Å². The fraction of sp³-hybridized carbons (Fsp3) is 0.571. The summed E-state index contributed by atoms with van der Waals surface area (Å²) in [5.41, 5.74) is 2.67. The zero-order valence-electron chi connectivity index (χ0n) is 10.9. The lowest BCUT2D eigenvalue weighted by atomic mass is 9.88. The minimum absolute atomic E-state index is 0.601. The monoisotopic (exact) mass is 235 g/mol. The van der Waals surface area contributed by atoms with E-state index in [1.54, 1.807) is 14.2 Å². The van der Waals surface area contributed by atoms with Crippen LogP contribution in [0.1, 0.15) is 29.9 Å². The summed E-state index contributed by atoms with van der Waals surface area (Å²) in [5.74, 6) is 2.25. The standard InChI is InChI=1S/C14H21NO2/c1-10-7-13(16-2)14(17-3)8-12(10)11-5-4-6-15-9-11/h7-8,11,15H,4-6,9H2,1-3H3. The molecule has 1 aliphatic heterocycles. The molecule has 3 nitrogen and oxygen atoms in total. The number of ether oxygens (including phenoxy) is 2. The molecule has 17 heavy (non-hydrogen) atoms. The fourth-order valence-electron chi connectivity index (χ4n) is 2.55. The van der Waals surface area contributed by atoms with E-state index in [9.17, 15) is 0 Å². The van der Waals surface area contributed by atoms with E-state index in [0.717, 1.165) is 24.6 Å². The fourth-order valence-corrected chi connectivity index (χ4v) is 2.55. The Morgan fingerprint density at radius 1 is 1.18 bits per heavy atom. The van der Waals surface area contributed by atoms with Crippen molar-refractivity contribution in [2.75, 3.05) is 27.3 Å². The van der Waals surface area contributed by atoms with E-state index >= 15 is 0 Å². The summed E-state index contributed by atoms with van der Waals surface area (Å²) in [4.78, 5) is 0. The average molecular weight is 235 g/mol. The lowest BCUT2D eigenvalue weighted by molar-refractivity contribution is 0.353. The largest absolute Gasteiger partial charge is 0.493 e. The molecule has 3 heteroatoms. The number of benzene rings is 1. The van der Waals surface area contributed by atoms with E-state index in [2.05, 4.69) is 24.4 Å². The molecule has 1 fully saturated rings. The van der Waals surface area contributed by atoms with Gasteiger partial charge in [-0.3, -0.25) is 0 Å². The molecular formula is C14H21NO2. The van der Waals surface area contributed by atoms with Crippen LogP contribution in [-0.4, -0.2) is 27.3 Å². The maximum atomic E-state index is 5.38. The van der Waals surface area contributed by atoms with Crippen LogP contribution >= 0.6 is 0 Å². The Balaban J connectivity index is 2.32. The van der Waals surface area contributed by atoms with Crippen LogP contribution < -0.4 is 14.8 Å². The van der Waals surface area contributed by atoms with Crippen LogP contribution in [0, 0.1) is 6.92 Å². The molecule has 1 saturated heterocycles. The maximum absolute atomic E-state index is 5.38. The van der Waals surface area contributed by atoms with E-state index in [1.807, 2.05) is 0 Å². The van der Waals surface area contributed by atoms with Crippen LogP contribution in [0.25, 0.3) is 0 Å². The first-order chi connectivity index (χ1) is 8.26. The van der Waals surface area contributed by atoms with Gasteiger partial charge in [-0.2, -0.15) is 0 Å². The van der Waals surface area contributed by atoms with Crippen molar-refractivity contribution in [1.29, 1.82) is 0 Å². The first-order valence-corrected chi connectivity index (χ1v) is 6.19. The van der Waals surface area contributed by atoms with Crippen molar-refractivity contribution in [3.05, 3.63) is 23.3 Å². The highest BCUT2D eigenvalue weighted by Gasteiger charge is 2.19. The molecule has 0 spiro atoms. The van der Waals surface area contributed by atoms with Crippen LogP contribution in [0.4, 0.5) is 0 Å². The second-order valence-corrected chi connectivity index (χ2v) is 4.61. The first-order valence-electron chi connectivity index (χ1n) is 6.19. The molecule has 1 unspecified atom stereocenters. The Labute approximate surface area is 103 Å². The normalized spacial score (nSPS) is 20.1. The van der Waals surface area contributed by atoms with Crippen molar-refractivity contribution in [1.82, 2.24) is 5.32 Å². The Bertz CT molecular complexity index is 384. The van der Waals surface area contributed by atoms with E-state index in [1.165, 1.54) is 24.0 Å². The third-order valence-corrected chi connectivity index (χ3v) is 3.51. The molecule has 1 atom stereocenters. The summed E-state index contributed by atoms with van der Waals surface area (Å²) >= 11 is 0. The van der Waals surface area contributed by atoms with Crippen molar-refractivity contribution in [2.24, 2.45) is 0 Å². The number of aryl methyl sites for hydroxylation is 1. The topological polar surface area (TPSA) is 30.5 Å². The summed E-state index contributed by atoms with van der Waals surface area (Å²) in [6.45, 7) is 4.35. The molecule has 0 amide bonds. The lowest BCUT2D eigenvalue weighted by Crippen LogP contribution is -2.28.